The molecule has 0 aromatic carbocycles. The molecule has 0 rings (SSSR count). The second-order valence-corrected chi connectivity index (χ2v) is 14.6. The molecule has 0 saturated carbocycles. The summed E-state index contributed by atoms with van der Waals surface area (Å²) in [7, 11) is -3.21. The van der Waals surface area contributed by atoms with Crippen LogP contribution in [0.1, 0.15) is 174 Å². The number of rotatable bonds is 36. The second kappa shape index (κ2) is 36.8. The Morgan fingerprint density at radius 2 is 1.02 bits per heavy atom. The maximum atomic E-state index is 12.4. The topological polar surface area (TPSA) is 108 Å². The summed E-state index contributed by atoms with van der Waals surface area (Å²) in [5.41, 5.74) is 0. The van der Waals surface area contributed by atoms with Crippen LogP contribution in [0.25, 0.3) is 0 Å². The summed E-state index contributed by atoms with van der Waals surface area (Å²) in [6.45, 7) is 3.73. The average Bonchev–Trinajstić information content (AvgIpc) is 3.10. The Hall–Kier alpha value is -1.99. The Labute approximate surface area is 306 Å². The number of ether oxygens (including phenoxy) is 2. The molecule has 0 bridgehead atoms. The Balaban J connectivity index is 4.06. The molecular formula is C41H73O8P. The van der Waals surface area contributed by atoms with Gasteiger partial charge < -0.3 is 14.4 Å². The lowest BCUT2D eigenvalue weighted by molar-refractivity contribution is -0.161. The molecule has 0 aliphatic heterocycles. The first kappa shape index (κ1) is 48.0. The van der Waals surface area contributed by atoms with E-state index in [0.29, 0.717) is 6.42 Å². The molecule has 0 spiro atoms. The highest BCUT2D eigenvalue weighted by Gasteiger charge is 2.24. The van der Waals surface area contributed by atoms with E-state index in [0.717, 1.165) is 64.9 Å². The first-order chi connectivity index (χ1) is 24.3. The molecule has 2 atom stereocenters. The van der Waals surface area contributed by atoms with Gasteiger partial charge in [0.05, 0.1) is 6.61 Å². The Bertz CT molecular complexity index is 958. The van der Waals surface area contributed by atoms with Gasteiger partial charge in [0.15, 0.2) is 6.10 Å². The highest BCUT2D eigenvalue weighted by atomic mass is 31.2. The van der Waals surface area contributed by atoms with Gasteiger partial charge >= 0.3 is 19.8 Å². The van der Waals surface area contributed by atoms with Crippen LogP contribution in [0.4, 0.5) is 0 Å². The van der Waals surface area contributed by atoms with Crippen LogP contribution in [0.3, 0.4) is 0 Å². The highest BCUT2D eigenvalue weighted by molar-refractivity contribution is 7.47. The van der Waals surface area contributed by atoms with Crippen LogP contribution in [0.5, 0.6) is 0 Å². The van der Waals surface area contributed by atoms with E-state index < -0.39 is 26.5 Å². The summed E-state index contributed by atoms with van der Waals surface area (Å²) < 4.78 is 31.9. The molecule has 8 nitrogen and oxygen atoms in total. The quantitative estimate of drug-likeness (QED) is 0.0294. The molecule has 0 saturated heterocycles. The monoisotopic (exact) mass is 725 g/mol. The molecule has 0 radical (unpaired) electrons. The molecule has 2 unspecified atom stereocenters. The molecule has 0 aliphatic carbocycles. The Kier molecular flexibility index (Phi) is 35.3. The minimum atomic E-state index is -4.27. The molecule has 0 aliphatic rings. The lowest BCUT2D eigenvalue weighted by Gasteiger charge is -2.19. The van der Waals surface area contributed by atoms with Gasteiger partial charge in [0.2, 0.25) is 0 Å². The number of unbranched alkanes of at least 4 members (excludes halogenated alkanes) is 17. The van der Waals surface area contributed by atoms with E-state index in [2.05, 4.69) is 67.0 Å². The number of carbonyl (C=O) groups excluding carboxylic acids is 2. The first-order valence-electron chi connectivity index (χ1n) is 19.8. The van der Waals surface area contributed by atoms with Crippen molar-refractivity contribution in [2.24, 2.45) is 0 Å². The normalized spacial score (nSPS) is 13.9. The van der Waals surface area contributed by atoms with Crippen molar-refractivity contribution in [2.45, 2.75) is 180 Å². The van der Waals surface area contributed by atoms with Crippen molar-refractivity contribution >= 4 is 19.8 Å². The van der Waals surface area contributed by atoms with E-state index in [4.69, 9.17) is 14.0 Å². The summed E-state index contributed by atoms with van der Waals surface area (Å²) >= 11 is 0. The molecule has 0 fully saturated rings. The third kappa shape index (κ3) is 35.8. The van der Waals surface area contributed by atoms with Crippen molar-refractivity contribution in [3.63, 3.8) is 0 Å². The second-order valence-electron chi connectivity index (χ2n) is 13.0. The fraction of sp³-hybridized carbons (Fsp3) is 0.756. The number of carbonyl (C=O) groups is 2. The van der Waals surface area contributed by atoms with Gasteiger partial charge in [0, 0.05) is 20.0 Å². The molecule has 290 valence electrons. The lowest BCUT2D eigenvalue weighted by atomic mass is 10.1. The molecular weight excluding hydrogens is 651 g/mol. The van der Waals surface area contributed by atoms with Crippen LogP contribution < -0.4 is 0 Å². The van der Waals surface area contributed by atoms with E-state index in [1.807, 2.05) is 0 Å². The summed E-state index contributed by atoms with van der Waals surface area (Å²) in [4.78, 5) is 34.3. The minimum Gasteiger partial charge on any atom is -0.462 e. The van der Waals surface area contributed by atoms with Crippen LogP contribution in [0, 0.1) is 0 Å². The zero-order chi connectivity index (χ0) is 36.8. The predicted molar refractivity (Wildman–Crippen MR) is 207 cm³/mol. The molecule has 0 aromatic rings. The van der Waals surface area contributed by atoms with Crippen molar-refractivity contribution in [1.82, 2.24) is 0 Å². The zero-order valence-electron chi connectivity index (χ0n) is 32.0. The highest BCUT2D eigenvalue weighted by Crippen LogP contribution is 2.42. The first-order valence-corrected chi connectivity index (χ1v) is 21.3. The van der Waals surface area contributed by atoms with Crippen molar-refractivity contribution in [3.8, 4) is 0 Å². The van der Waals surface area contributed by atoms with Crippen molar-refractivity contribution in [2.75, 3.05) is 20.3 Å². The summed E-state index contributed by atoms with van der Waals surface area (Å²) in [5, 5.41) is 0. The lowest BCUT2D eigenvalue weighted by Crippen LogP contribution is -2.29. The van der Waals surface area contributed by atoms with E-state index >= 15 is 0 Å². The molecule has 9 heteroatoms. The third-order valence-electron chi connectivity index (χ3n) is 8.31. The molecule has 0 amide bonds. The van der Waals surface area contributed by atoms with E-state index in [1.54, 1.807) is 0 Å². The fourth-order valence-corrected chi connectivity index (χ4v) is 5.71. The van der Waals surface area contributed by atoms with E-state index in [9.17, 15) is 19.0 Å². The van der Waals surface area contributed by atoms with Gasteiger partial charge in [-0.15, -0.1) is 0 Å². The minimum absolute atomic E-state index is 0.208. The van der Waals surface area contributed by atoms with Crippen molar-refractivity contribution in [3.05, 3.63) is 48.6 Å². The van der Waals surface area contributed by atoms with Gasteiger partial charge in [0.1, 0.15) is 6.61 Å². The van der Waals surface area contributed by atoms with Crippen LogP contribution in [0.2, 0.25) is 0 Å². The molecule has 0 aromatic heterocycles. The van der Waals surface area contributed by atoms with E-state index in [1.165, 1.54) is 83.5 Å². The van der Waals surface area contributed by atoms with Crippen LogP contribution in [-0.4, -0.2) is 43.3 Å². The Morgan fingerprint density at radius 1 is 0.580 bits per heavy atom. The van der Waals surface area contributed by atoms with Crippen LogP contribution >= 0.6 is 7.82 Å². The number of phosphoric ester groups is 1. The fourth-order valence-electron chi connectivity index (χ4n) is 5.25. The predicted octanol–water partition coefficient (Wildman–Crippen LogP) is 12.2. The van der Waals surface area contributed by atoms with Gasteiger partial charge in [-0.3, -0.25) is 18.6 Å². The summed E-state index contributed by atoms with van der Waals surface area (Å²) in [6, 6.07) is 0. The van der Waals surface area contributed by atoms with Gasteiger partial charge in [-0.1, -0.05) is 140 Å². The number of allylic oxidation sites excluding steroid dienone is 8. The number of hydrogen-bond acceptors (Lipinski definition) is 7. The number of phosphoric acid groups is 1. The maximum Gasteiger partial charge on any atom is 0.472 e. The standard InChI is InChI=1S/C41H73O8P/c1-4-6-8-10-12-14-16-18-19-20-21-22-24-25-27-29-31-33-35-40(42)47-37-39(38-48-50(44,45)46-3)49-41(43)36-34-32-30-28-26-23-17-15-13-11-9-7-5-2/h7,9,13,15,19-20,23,26,39H,4-6,8,10-12,14,16-18,21-22,24-25,27-38H2,1-3H3,(H,44,45)/b9-7-,15-13-,20-19-,26-23-. The SMILES string of the molecule is CC/C=C\C/C=C\C/C=C\CCCCCC(=O)OC(COC(=O)CCCCCCCCC/C=C\CCCCCCCCC)COP(=O)(O)OC. The maximum absolute atomic E-state index is 12.4. The summed E-state index contributed by atoms with van der Waals surface area (Å²) in [6.07, 6.45) is 43.1. The number of hydrogen-bond donors (Lipinski definition) is 1. The average molecular weight is 725 g/mol. The van der Waals surface area contributed by atoms with Crippen LogP contribution in [0.15, 0.2) is 48.6 Å². The van der Waals surface area contributed by atoms with Crippen molar-refractivity contribution < 1.29 is 37.6 Å². The molecule has 1 N–H and O–H groups in total. The van der Waals surface area contributed by atoms with Gasteiger partial charge in [-0.2, -0.15) is 0 Å². The third-order valence-corrected chi connectivity index (χ3v) is 9.24. The smallest absolute Gasteiger partial charge is 0.462 e. The Morgan fingerprint density at radius 3 is 1.56 bits per heavy atom. The van der Waals surface area contributed by atoms with Gasteiger partial charge in [0.25, 0.3) is 0 Å². The van der Waals surface area contributed by atoms with Gasteiger partial charge in [-0.05, 0) is 70.6 Å². The largest absolute Gasteiger partial charge is 0.472 e. The molecule has 50 heavy (non-hydrogen) atoms. The van der Waals surface area contributed by atoms with Crippen molar-refractivity contribution in [1.29, 1.82) is 0 Å². The summed E-state index contributed by atoms with van der Waals surface area (Å²) in [5.74, 6) is -0.845. The zero-order valence-corrected chi connectivity index (χ0v) is 32.9. The van der Waals surface area contributed by atoms with Crippen LogP contribution in [-0.2, 0) is 32.7 Å². The number of esters is 2. The van der Waals surface area contributed by atoms with E-state index in [-0.39, 0.29) is 25.4 Å². The molecule has 0 heterocycles. The van der Waals surface area contributed by atoms with Gasteiger partial charge in [-0.25, -0.2) is 4.57 Å².